The summed E-state index contributed by atoms with van der Waals surface area (Å²) in [4.78, 5) is 26.8. The van der Waals surface area contributed by atoms with E-state index in [9.17, 15) is 9.59 Å². The van der Waals surface area contributed by atoms with Crippen molar-refractivity contribution in [3.8, 4) is 0 Å². The molecule has 1 saturated heterocycles. The van der Waals surface area contributed by atoms with Crippen molar-refractivity contribution in [2.24, 2.45) is 7.05 Å². The summed E-state index contributed by atoms with van der Waals surface area (Å²) in [5.74, 6) is 0. The monoisotopic (exact) mass is 289 g/mol. The molecule has 1 fully saturated rings. The van der Waals surface area contributed by atoms with Crippen LogP contribution in [0.15, 0.2) is 33.9 Å². The first-order valence-electron chi connectivity index (χ1n) is 7.17. The fraction of sp³-hybridized carbons (Fsp3) is 0.467. The molecule has 0 radical (unpaired) electrons. The van der Waals surface area contributed by atoms with E-state index < -0.39 is 0 Å². The summed E-state index contributed by atoms with van der Waals surface area (Å²) in [6, 6.07) is 7.27. The lowest BCUT2D eigenvalue weighted by atomic mass is 10.2. The average Bonchev–Trinajstić information content (AvgIpc) is 2.54. The van der Waals surface area contributed by atoms with Crippen LogP contribution < -0.4 is 11.2 Å². The van der Waals surface area contributed by atoms with Crippen molar-refractivity contribution in [1.29, 1.82) is 0 Å². The maximum absolute atomic E-state index is 12.4. The van der Waals surface area contributed by atoms with Crippen LogP contribution in [0.5, 0.6) is 0 Å². The van der Waals surface area contributed by atoms with E-state index in [2.05, 4.69) is 4.90 Å². The van der Waals surface area contributed by atoms with E-state index in [1.54, 1.807) is 10.6 Å². The summed E-state index contributed by atoms with van der Waals surface area (Å²) >= 11 is 0. The molecule has 6 heteroatoms. The highest BCUT2D eigenvalue weighted by molar-refractivity contribution is 5.77. The second-order valence-electron chi connectivity index (χ2n) is 5.27. The first kappa shape index (κ1) is 14.0. The minimum atomic E-state index is -0.257. The zero-order valence-corrected chi connectivity index (χ0v) is 12.1. The summed E-state index contributed by atoms with van der Waals surface area (Å²) in [7, 11) is 1.53. The number of rotatable bonds is 3. The fourth-order valence-electron chi connectivity index (χ4n) is 2.72. The third kappa shape index (κ3) is 2.64. The molecule has 0 bridgehead atoms. The molecule has 0 saturated carbocycles. The topological polar surface area (TPSA) is 56.5 Å². The highest BCUT2D eigenvalue weighted by Gasteiger charge is 2.13. The van der Waals surface area contributed by atoms with E-state index in [1.807, 2.05) is 18.2 Å². The Morgan fingerprint density at radius 2 is 1.81 bits per heavy atom. The molecule has 2 heterocycles. The van der Waals surface area contributed by atoms with Crippen molar-refractivity contribution in [2.45, 2.75) is 6.54 Å². The fourth-order valence-corrected chi connectivity index (χ4v) is 2.72. The molecule has 3 rings (SSSR count). The van der Waals surface area contributed by atoms with Crippen LogP contribution in [0.4, 0.5) is 0 Å². The van der Waals surface area contributed by atoms with Gasteiger partial charge < -0.3 is 4.74 Å². The first-order valence-corrected chi connectivity index (χ1v) is 7.17. The lowest BCUT2D eigenvalue weighted by Crippen LogP contribution is -2.42. The van der Waals surface area contributed by atoms with Crippen molar-refractivity contribution < 1.29 is 4.74 Å². The quantitative estimate of drug-likeness (QED) is 0.800. The van der Waals surface area contributed by atoms with Gasteiger partial charge in [0.05, 0.1) is 24.1 Å². The number of hydrogen-bond donors (Lipinski definition) is 0. The number of fused-ring (bicyclic) bond motifs is 1. The van der Waals surface area contributed by atoms with Gasteiger partial charge in [-0.3, -0.25) is 18.8 Å². The van der Waals surface area contributed by atoms with Gasteiger partial charge in [0.25, 0.3) is 5.56 Å². The molecular weight excluding hydrogens is 270 g/mol. The Labute approximate surface area is 122 Å². The number of benzene rings is 1. The van der Waals surface area contributed by atoms with Gasteiger partial charge in [0.1, 0.15) is 0 Å². The van der Waals surface area contributed by atoms with E-state index in [0.29, 0.717) is 17.4 Å². The SMILES string of the molecule is Cn1c(=O)c2ccccc2n(CCN2CCOCC2)c1=O. The van der Waals surface area contributed by atoms with Gasteiger partial charge in [0, 0.05) is 33.2 Å². The summed E-state index contributed by atoms with van der Waals surface area (Å²) in [6.45, 7) is 4.61. The molecule has 0 spiro atoms. The van der Waals surface area contributed by atoms with Crippen LogP contribution in [-0.4, -0.2) is 46.9 Å². The minimum absolute atomic E-state index is 0.238. The van der Waals surface area contributed by atoms with Crippen molar-refractivity contribution in [3.63, 3.8) is 0 Å². The molecule has 0 N–H and O–H groups in total. The molecule has 0 atom stereocenters. The molecule has 21 heavy (non-hydrogen) atoms. The number of aromatic nitrogens is 2. The predicted molar refractivity (Wildman–Crippen MR) is 80.7 cm³/mol. The Balaban J connectivity index is 1.97. The predicted octanol–water partition coefficient (Wildman–Crippen LogP) is 0.0324. The molecular formula is C15H19N3O3. The van der Waals surface area contributed by atoms with Crippen molar-refractivity contribution in [3.05, 3.63) is 45.1 Å². The zero-order chi connectivity index (χ0) is 14.8. The van der Waals surface area contributed by atoms with Crippen LogP contribution in [-0.2, 0) is 18.3 Å². The number of morpholine rings is 1. The lowest BCUT2D eigenvalue weighted by Gasteiger charge is -2.27. The van der Waals surface area contributed by atoms with Crippen LogP contribution in [0.2, 0.25) is 0 Å². The van der Waals surface area contributed by atoms with E-state index in [-0.39, 0.29) is 11.2 Å². The van der Waals surface area contributed by atoms with Crippen molar-refractivity contribution >= 4 is 10.9 Å². The molecule has 1 aliphatic heterocycles. The Bertz CT molecular complexity index is 757. The first-order chi connectivity index (χ1) is 10.2. The van der Waals surface area contributed by atoms with Crippen molar-refractivity contribution in [1.82, 2.24) is 14.0 Å². The normalized spacial score (nSPS) is 16.4. The second-order valence-corrected chi connectivity index (χ2v) is 5.27. The van der Waals surface area contributed by atoms with E-state index in [0.717, 1.165) is 32.8 Å². The number of nitrogens with zero attached hydrogens (tertiary/aromatic N) is 3. The number of hydrogen-bond acceptors (Lipinski definition) is 4. The number of para-hydroxylation sites is 1. The smallest absolute Gasteiger partial charge is 0.331 e. The largest absolute Gasteiger partial charge is 0.379 e. The average molecular weight is 289 g/mol. The van der Waals surface area contributed by atoms with E-state index >= 15 is 0 Å². The number of ether oxygens (including phenoxy) is 1. The van der Waals surface area contributed by atoms with Gasteiger partial charge >= 0.3 is 5.69 Å². The second kappa shape index (κ2) is 5.83. The Hall–Kier alpha value is -1.92. The van der Waals surface area contributed by atoms with Crippen LogP contribution in [0, 0.1) is 0 Å². The summed E-state index contributed by atoms with van der Waals surface area (Å²) in [5.41, 5.74) is 0.212. The molecule has 0 aliphatic carbocycles. The van der Waals surface area contributed by atoms with Gasteiger partial charge in [-0.1, -0.05) is 12.1 Å². The van der Waals surface area contributed by atoms with Gasteiger partial charge in [-0.15, -0.1) is 0 Å². The van der Waals surface area contributed by atoms with Crippen LogP contribution in [0.1, 0.15) is 0 Å². The highest BCUT2D eigenvalue weighted by Crippen LogP contribution is 2.07. The molecule has 0 unspecified atom stereocenters. The summed E-state index contributed by atoms with van der Waals surface area (Å²) in [5, 5.41) is 0.585. The van der Waals surface area contributed by atoms with Gasteiger partial charge in [0.2, 0.25) is 0 Å². The van der Waals surface area contributed by atoms with E-state index in [1.165, 1.54) is 11.6 Å². The molecule has 1 aromatic heterocycles. The third-order valence-electron chi connectivity index (χ3n) is 3.99. The molecule has 112 valence electrons. The summed E-state index contributed by atoms with van der Waals surface area (Å²) in [6.07, 6.45) is 0. The van der Waals surface area contributed by atoms with Crippen LogP contribution in [0.25, 0.3) is 10.9 Å². The third-order valence-corrected chi connectivity index (χ3v) is 3.99. The minimum Gasteiger partial charge on any atom is -0.379 e. The summed E-state index contributed by atoms with van der Waals surface area (Å²) < 4.78 is 8.19. The Kier molecular flexibility index (Phi) is 3.90. The van der Waals surface area contributed by atoms with E-state index in [4.69, 9.17) is 4.74 Å². The molecule has 2 aromatic rings. The molecule has 6 nitrogen and oxygen atoms in total. The van der Waals surface area contributed by atoms with Gasteiger partial charge in [-0.2, -0.15) is 0 Å². The maximum atomic E-state index is 12.4. The van der Waals surface area contributed by atoms with Gasteiger partial charge in [-0.05, 0) is 12.1 Å². The van der Waals surface area contributed by atoms with Crippen LogP contribution >= 0.6 is 0 Å². The lowest BCUT2D eigenvalue weighted by molar-refractivity contribution is 0.0363. The van der Waals surface area contributed by atoms with Crippen LogP contribution in [0.3, 0.4) is 0 Å². The zero-order valence-electron chi connectivity index (χ0n) is 12.1. The molecule has 1 aromatic carbocycles. The maximum Gasteiger partial charge on any atom is 0.331 e. The van der Waals surface area contributed by atoms with Gasteiger partial charge in [0.15, 0.2) is 0 Å². The molecule has 1 aliphatic rings. The Morgan fingerprint density at radius 1 is 1.10 bits per heavy atom. The van der Waals surface area contributed by atoms with Crippen molar-refractivity contribution in [2.75, 3.05) is 32.8 Å². The molecule has 0 amide bonds. The standard InChI is InChI=1S/C15H19N3O3/c1-16-14(19)12-4-2-3-5-13(12)18(15(16)20)7-6-17-8-10-21-11-9-17/h2-5H,6-11H2,1H3. The van der Waals surface area contributed by atoms with Gasteiger partial charge in [-0.25, -0.2) is 4.79 Å². The highest BCUT2D eigenvalue weighted by atomic mass is 16.5. The Morgan fingerprint density at radius 3 is 2.57 bits per heavy atom.